The smallest absolute Gasteiger partial charge is 0.358 e. The van der Waals surface area contributed by atoms with E-state index in [0.29, 0.717) is 11.8 Å². The van der Waals surface area contributed by atoms with Crippen molar-refractivity contribution in [3.05, 3.63) is 46.6 Å². The van der Waals surface area contributed by atoms with Crippen LogP contribution in [0.5, 0.6) is 0 Å². The molecular formula is C15H16N4O3S. The van der Waals surface area contributed by atoms with Crippen LogP contribution in [0.1, 0.15) is 13.3 Å². The van der Waals surface area contributed by atoms with Crippen molar-refractivity contribution in [2.45, 2.75) is 30.0 Å². The summed E-state index contributed by atoms with van der Waals surface area (Å²) in [5, 5.41) is 14.9. The summed E-state index contributed by atoms with van der Waals surface area (Å²) in [5.74, 6) is -0.372. The lowest BCUT2D eigenvalue weighted by atomic mass is 10.2. The van der Waals surface area contributed by atoms with Gasteiger partial charge in [0.2, 0.25) is 0 Å². The summed E-state index contributed by atoms with van der Waals surface area (Å²) in [6.07, 6.45) is 2.35. The average Bonchev–Trinajstić information content (AvgIpc) is 2.90. The van der Waals surface area contributed by atoms with Gasteiger partial charge >= 0.3 is 5.82 Å². The third-order valence-corrected chi connectivity index (χ3v) is 4.89. The zero-order valence-corrected chi connectivity index (χ0v) is 13.4. The van der Waals surface area contributed by atoms with E-state index in [1.807, 2.05) is 24.3 Å². The largest absolute Gasteiger partial charge is 0.389 e. The van der Waals surface area contributed by atoms with E-state index in [1.165, 1.54) is 16.9 Å². The summed E-state index contributed by atoms with van der Waals surface area (Å²) < 4.78 is 1.31. The molecule has 1 aliphatic rings. The van der Waals surface area contributed by atoms with Crippen molar-refractivity contribution < 1.29 is 9.72 Å². The van der Waals surface area contributed by atoms with E-state index in [-0.39, 0.29) is 18.3 Å². The van der Waals surface area contributed by atoms with E-state index >= 15 is 0 Å². The molecule has 3 rings (SSSR count). The molecule has 0 aliphatic carbocycles. The molecule has 23 heavy (non-hydrogen) atoms. The molecule has 1 aromatic heterocycles. The number of rotatable bonds is 3. The van der Waals surface area contributed by atoms with Gasteiger partial charge in [0, 0.05) is 16.7 Å². The molecule has 2 heterocycles. The topological polar surface area (TPSA) is 81.3 Å². The molecular weight excluding hydrogens is 316 g/mol. The van der Waals surface area contributed by atoms with Gasteiger partial charge in [0.05, 0.1) is 23.0 Å². The summed E-state index contributed by atoms with van der Waals surface area (Å²) in [6.45, 7) is 2.76. The third-order valence-electron chi connectivity index (χ3n) is 3.66. The lowest BCUT2D eigenvalue weighted by Gasteiger charge is -2.21. The fraction of sp³-hybridized carbons (Fsp3) is 0.333. The zero-order valence-electron chi connectivity index (χ0n) is 12.6. The second-order valence-electron chi connectivity index (χ2n) is 5.36. The molecule has 0 saturated carbocycles. The first kappa shape index (κ1) is 15.5. The molecule has 2 aromatic rings. The second kappa shape index (κ2) is 6.41. The number of amides is 1. The van der Waals surface area contributed by atoms with Crippen molar-refractivity contribution in [1.29, 1.82) is 0 Å². The van der Waals surface area contributed by atoms with Gasteiger partial charge in [0.15, 0.2) is 0 Å². The summed E-state index contributed by atoms with van der Waals surface area (Å²) in [4.78, 5) is 25.6. The second-order valence-corrected chi connectivity index (χ2v) is 6.84. The number of fused-ring (bicyclic) bond motifs is 1. The number of carbonyl (C=O) groups is 1. The molecule has 0 fully saturated rings. The third kappa shape index (κ3) is 3.37. The summed E-state index contributed by atoms with van der Waals surface area (Å²) >= 11 is 1.76. The van der Waals surface area contributed by atoms with Crippen LogP contribution in [0.2, 0.25) is 0 Å². The van der Waals surface area contributed by atoms with Crippen molar-refractivity contribution >= 4 is 29.2 Å². The Morgan fingerprint density at radius 3 is 2.96 bits per heavy atom. The highest BCUT2D eigenvalue weighted by Crippen LogP contribution is 2.37. The number of para-hydroxylation sites is 1. The molecule has 0 bridgehead atoms. The van der Waals surface area contributed by atoms with Gasteiger partial charge in [-0.1, -0.05) is 19.1 Å². The molecule has 1 amide bonds. The molecule has 0 saturated heterocycles. The number of nitro groups is 1. The Morgan fingerprint density at radius 1 is 1.43 bits per heavy atom. The Bertz CT molecular complexity index is 746. The van der Waals surface area contributed by atoms with Gasteiger partial charge in [-0.25, -0.2) is 0 Å². The van der Waals surface area contributed by atoms with E-state index in [2.05, 4.69) is 12.0 Å². The van der Waals surface area contributed by atoms with Crippen LogP contribution in [-0.4, -0.2) is 32.4 Å². The number of thioether (sulfide) groups is 1. The van der Waals surface area contributed by atoms with Crippen LogP contribution in [0.4, 0.5) is 11.5 Å². The molecule has 0 spiro atoms. The lowest BCUT2D eigenvalue weighted by molar-refractivity contribution is -0.389. The number of anilines is 1. The van der Waals surface area contributed by atoms with Crippen molar-refractivity contribution in [2.24, 2.45) is 0 Å². The Hall–Kier alpha value is -2.35. The van der Waals surface area contributed by atoms with Crippen molar-refractivity contribution in [1.82, 2.24) is 9.78 Å². The van der Waals surface area contributed by atoms with E-state index in [4.69, 9.17) is 0 Å². The highest BCUT2D eigenvalue weighted by Gasteiger charge is 2.25. The predicted molar refractivity (Wildman–Crippen MR) is 87.6 cm³/mol. The summed E-state index contributed by atoms with van der Waals surface area (Å²) in [6, 6.07) is 9.12. The van der Waals surface area contributed by atoms with Crippen LogP contribution in [0.15, 0.2) is 41.4 Å². The van der Waals surface area contributed by atoms with Crippen LogP contribution in [0, 0.1) is 10.1 Å². The molecule has 1 atom stereocenters. The predicted octanol–water partition coefficient (Wildman–Crippen LogP) is 2.71. The van der Waals surface area contributed by atoms with Crippen molar-refractivity contribution in [3.63, 3.8) is 0 Å². The van der Waals surface area contributed by atoms with Gasteiger partial charge in [-0.3, -0.25) is 4.79 Å². The minimum absolute atomic E-state index is 0.0127. The number of carbonyl (C=O) groups excluding carboxylic acids is 1. The van der Waals surface area contributed by atoms with Gasteiger partial charge < -0.3 is 15.0 Å². The number of nitrogens with zero attached hydrogens (tertiary/aromatic N) is 4. The Morgan fingerprint density at radius 2 is 2.22 bits per heavy atom. The van der Waals surface area contributed by atoms with Gasteiger partial charge in [-0.2, -0.15) is 4.68 Å². The maximum absolute atomic E-state index is 12.7. The number of aromatic nitrogens is 2. The van der Waals surface area contributed by atoms with Gasteiger partial charge in [-0.05, 0) is 23.5 Å². The highest BCUT2D eigenvalue weighted by atomic mass is 32.2. The Kier molecular flexibility index (Phi) is 4.33. The van der Waals surface area contributed by atoms with Crippen LogP contribution >= 0.6 is 11.8 Å². The van der Waals surface area contributed by atoms with Gasteiger partial charge in [0.1, 0.15) is 6.54 Å². The van der Waals surface area contributed by atoms with Gasteiger partial charge in [0.25, 0.3) is 5.91 Å². The number of hydrogen-bond donors (Lipinski definition) is 0. The van der Waals surface area contributed by atoms with E-state index < -0.39 is 4.92 Å². The molecule has 1 aromatic carbocycles. The quantitative estimate of drug-likeness (QED) is 0.637. The zero-order chi connectivity index (χ0) is 16.4. The first-order valence-corrected chi connectivity index (χ1v) is 8.16. The average molecular weight is 332 g/mol. The minimum atomic E-state index is -0.569. The molecule has 0 unspecified atom stereocenters. The Labute approximate surface area is 137 Å². The van der Waals surface area contributed by atoms with Crippen LogP contribution in [0.25, 0.3) is 0 Å². The van der Waals surface area contributed by atoms with Crippen LogP contribution < -0.4 is 4.90 Å². The maximum atomic E-state index is 12.7. The highest BCUT2D eigenvalue weighted by molar-refractivity contribution is 8.00. The normalized spacial score (nSPS) is 17.4. The standard InChI is InChI=1S/C15H16N4O3S/c1-11-6-9-18(12-4-2-3-5-13(12)23-11)15(20)10-17-8-7-14(16-17)19(21)22/h2-5,7-8,11H,6,9-10H2,1H3/t11-/m0/s1. The first-order valence-electron chi connectivity index (χ1n) is 7.28. The number of hydrogen-bond acceptors (Lipinski definition) is 5. The van der Waals surface area contributed by atoms with Crippen molar-refractivity contribution in [3.8, 4) is 0 Å². The van der Waals surface area contributed by atoms with E-state index in [9.17, 15) is 14.9 Å². The summed E-state index contributed by atoms with van der Waals surface area (Å²) in [5.41, 5.74) is 0.897. The minimum Gasteiger partial charge on any atom is -0.358 e. The first-order chi connectivity index (χ1) is 11.0. The fourth-order valence-corrected chi connectivity index (χ4v) is 3.62. The van der Waals surface area contributed by atoms with E-state index in [1.54, 1.807) is 16.7 Å². The van der Waals surface area contributed by atoms with Gasteiger partial charge in [-0.15, -0.1) is 11.8 Å². The van der Waals surface area contributed by atoms with Crippen LogP contribution in [0.3, 0.4) is 0 Å². The Balaban J connectivity index is 1.82. The molecule has 120 valence electrons. The monoisotopic (exact) mass is 332 g/mol. The van der Waals surface area contributed by atoms with E-state index in [0.717, 1.165) is 17.0 Å². The number of benzene rings is 1. The fourth-order valence-electron chi connectivity index (χ4n) is 2.51. The maximum Gasteiger partial charge on any atom is 0.389 e. The molecule has 7 nitrogen and oxygen atoms in total. The molecule has 8 heteroatoms. The SMILES string of the molecule is C[C@H]1CCN(C(=O)Cn2ccc([N+](=O)[O-])n2)c2ccccc2S1. The van der Waals surface area contributed by atoms with Crippen molar-refractivity contribution in [2.75, 3.05) is 11.4 Å². The summed E-state index contributed by atoms with van der Waals surface area (Å²) in [7, 11) is 0. The van der Waals surface area contributed by atoms with Crippen LogP contribution in [-0.2, 0) is 11.3 Å². The lowest BCUT2D eigenvalue weighted by Crippen LogP contribution is -2.35. The molecule has 0 radical (unpaired) electrons. The molecule has 1 aliphatic heterocycles. The molecule has 0 N–H and O–H groups in total.